The van der Waals surface area contributed by atoms with E-state index in [2.05, 4.69) is 22.5 Å². The van der Waals surface area contributed by atoms with E-state index in [4.69, 9.17) is 21.2 Å². The molecule has 40 heavy (non-hydrogen) atoms. The third-order valence-electron chi connectivity index (χ3n) is 10.7. The van der Waals surface area contributed by atoms with Gasteiger partial charge in [-0.3, -0.25) is 14.7 Å². The van der Waals surface area contributed by atoms with Crippen LogP contribution in [-0.2, 0) is 9.53 Å². The van der Waals surface area contributed by atoms with Crippen LogP contribution in [-0.4, -0.2) is 85.4 Å². The first-order valence-corrected chi connectivity index (χ1v) is 16.5. The summed E-state index contributed by atoms with van der Waals surface area (Å²) < 4.78 is 21.5. The van der Waals surface area contributed by atoms with E-state index < -0.39 is 18.3 Å². The van der Waals surface area contributed by atoms with Crippen LogP contribution < -0.4 is 22.1 Å². The SMILES string of the molecule is CCCCCC1=NCC(NC(=O)C(C(N)N)C2CC3(CCCC3)CCC(F)CN2)C(O[C@H]2CC3CCCN3C2)C1. The van der Waals surface area contributed by atoms with E-state index in [0.717, 1.165) is 57.9 Å². The third-order valence-corrected chi connectivity index (χ3v) is 10.7. The number of nitrogens with zero attached hydrogens (tertiary/aromatic N) is 2. The number of carbonyl (C=O) groups excluding carboxylic acids is 1. The Kier molecular flexibility index (Phi) is 10.5. The van der Waals surface area contributed by atoms with Gasteiger partial charge in [-0.1, -0.05) is 32.6 Å². The molecule has 4 heterocycles. The average molecular weight is 563 g/mol. The summed E-state index contributed by atoms with van der Waals surface area (Å²) in [6.45, 7) is 5.15. The van der Waals surface area contributed by atoms with Crippen molar-refractivity contribution in [3.8, 4) is 0 Å². The monoisotopic (exact) mass is 562 g/mol. The van der Waals surface area contributed by atoms with E-state index in [1.54, 1.807) is 0 Å². The summed E-state index contributed by atoms with van der Waals surface area (Å²) in [5, 5.41) is 6.70. The number of aliphatic imine (C=N–C) groups is 1. The maximum Gasteiger partial charge on any atom is 0.227 e. The normalized spacial score (nSPS) is 35.4. The van der Waals surface area contributed by atoms with Crippen LogP contribution in [0, 0.1) is 11.3 Å². The molecule has 7 atom stereocenters. The summed E-state index contributed by atoms with van der Waals surface area (Å²) in [6, 6.07) is 0.198. The second-order valence-corrected chi connectivity index (χ2v) is 13.7. The van der Waals surface area contributed by atoms with E-state index in [1.165, 1.54) is 50.8 Å². The highest BCUT2D eigenvalue weighted by Gasteiger charge is 2.44. The Balaban J connectivity index is 1.28. The molecule has 0 aromatic carbocycles. The van der Waals surface area contributed by atoms with Crippen molar-refractivity contribution in [3.05, 3.63) is 0 Å². The number of fused-ring (bicyclic) bond motifs is 1. The molecule has 8 nitrogen and oxygen atoms in total. The van der Waals surface area contributed by atoms with Crippen molar-refractivity contribution in [2.75, 3.05) is 26.2 Å². The van der Waals surface area contributed by atoms with Crippen LogP contribution in [0.1, 0.15) is 103 Å². The number of halogens is 1. The fourth-order valence-electron chi connectivity index (χ4n) is 8.44. The summed E-state index contributed by atoms with van der Waals surface area (Å²) in [4.78, 5) is 21.4. The molecule has 3 saturated heterocycles. The maximum absolute atomic E-state index is 14.7. The molecule has 1 spiro atoms. The lowest BCUT2D eigenvalue weighted by Gasteiger charge is -2.41. The number of nitrogens with one attached hydrogen (secondary N) is 2. The van der Waals surface area contributed by atoms with Gasteiger partial charge in [0.1, 0.15) is 6.17 Å². The summed E-state index contributed by atoms with van der Waals surface area (Å²) in [5.41, 5.74) is 13.9. The molecule has 1 amide bonds. The highest BCUT2D eigenvalue weighted by molar-refractivity contribution is 5.86. The third kappa shape index (κ3) is 7.44. The molecule has 0 aromatic rings. The van der Waals surface area contributed by atoms with Gasteiger partial charge in [-0.05, 0) is 76.2 Å². The number of nitrogens with two attached hydrogens (primary N) is 2. The van der Waals surface area contributed by atoms with Gasteiger partial charge in [0.05, 0.1) is 36.9 Å². The lowest BCUT2D eigenvalue weighted by Crippen LogP contribution is -2.61. The molecule has 1 aliphatic carbocycles. The van der Waals surface area contributed by atoms with Crippen molar-refractivity contribution < 1.29 is 13.9 Å². The van der Waals surface area contributed by atoms with Gasteiger partial charge in [0.15, 0.2) is 0 Å². The van der Waals surface area contributed by atoms with Gasteiger partial charge >= 0.3 is 0 Å². The van der Waals surface area contributed by atoms with Gasteiger partial charge in [0.2, 0.25) is 5.91 Å². The van der Waals surface area contributed by atoms with Crippen molar-refractivity contribution in [3.63, 3.8) is 0 Å². The van der Waals surface area contributed by atoms with Gasteiger partial charge in [0, 0.05) is 37.3 Å². The first-order chi connectivity index (χ1) is 19.4. The highest BCUT2D eigenvalue weighted by Crippen LogP contribution is 2.47. The van der Waals surface area contributed by atoms with Crippen molar-refractivity contribution in [2.24, 2.45) is 27.8 Å². The molecule has 4 fully saturated rings. The molecule has 5 rings (SSSR count). The fourth-order valence-corrected chi connectivity index (χ4v) is 8.44. The van der Waals surface area contributed by atoms with Crippen molar-refractivity contribution in [1.82, 2.24) is 15.5 Å². The Morgan fingerprint density at radius 3 is 2.80 bits per heavy atom. The van der Waals surface area contributed by atoms with E-state index in [9.17, 15) is 9.18 Å². The molecule has 0 radical (unpaired) electrons. The standard InChI is InChI=1S/C31H55FN6O2/c1-2-3-4-8-22-15-27(40-24-16-23-9-7-14-38(23)20-24)26(19-35-22)37-30(39)28(29(33)34)25-17-31(11-5-6-12-31)13-10-21(32)18-36-25/h21,23-29,36H,2-20,33-34H2,1H3,(H,37,39)/t21?,23?,24-,25?,26?,27?,28?/m0/s1. The van der Waals surface area contributed by atoms with E-state index in [-0.39, 0.29) is 42.2 Å². The summed E-state index contributed by atoms with van der Waals surface area (Å²) >= 11 is 0. The number of unbranched alkanes of at least 4 members (excludes halogenated alkanes) is 2. The minimum atomic E-state index is -0.906. The molecular weight excluding hydrogens is 507 g/mol. The highest BCUT2D eigenvalue weighted by atomic mass is 19.1. The molecule has 5 aliphatic rings. The second kappa shape index (κ2) is 13.9. The molecule has 9 heteroatoms. The van der Waals surface area contributed by atoms with Crippen LogP contribution in [0.5, 0.6) is 0 Å². The predicted octanol–water partition coefficient (Wildman–Crippen LogP) is 3.42. The molecule has 1 saturated carbocycles. The summed E-state index contributed by atoms with van der Waals surface area (Å²) in [5.74, 6) is -0.776. The molecule has 0 aromatic heterocycles. The van der Waals surface area contributed by atoms with Crippen LogP contribution in [0.3, 0.4) is 0 Å². The first-order valence-electron chi connectivity index (χ1n) is 16.5. The zero-order valence-electron chi connectivity index (χ0n) is 24.8. The number of carbonyl (C=O) groups is 1. The lowest BCUT2D eigenvalue weighted by molar-refractivity contribution is -0.129. The Hall–Kier alpha value is -1.13. The fraction of sp³-hybridized carbons (Fsp3) is 0.935. The minimum absolute atomic E-state index is 0.0832. The van der Waals surface area contributed by atoms with Crippen molar-refractivity contribution in [2.45, 2.75) is 146 Å². The van der Waals surface area contributed by atoms with E-state index in [1.807, 2.05) is 0 Å². The van der Waals surface area contributed by atoms with Crippen LogP contribution >= 0.6 is 0 Å². The number of hydrogen-bond donors (Lipinski definition) is 4. The quantitative estimate of drug-likeness (QED) is 0.239. The van der Waals surface area contributed by atoms with Crippen LogP contribution in [0.25, 0.3) is 0 Å². The predicted molar refractivity (Wildman–Crippen MR) is 158 cm³/mol. The summed E-state index contributed by atoms with van der Waals surface area (Å²) in [6.07, 6.45) is 14.1. The van der Waals surface area contributed by atoms with Gasteiger partial charge < -0.3 is 26.8 Å². The zero-order valence-corrected chi connectivity index (χ0v) is 24.8. The molecule has 0 bridgehead atoms. The van der Waals surface area contributed by atoms with Crippen LogP contribution in [0.4, 0.5) is 4.39 Å². The van der Waals surface area contributed by atoms with Gasteiger partial charge in [-0.15, -0.1) is 0 Å². The molecule has 6 N–H and O–H groups in total. The van der Waals surface area contributed by atoms with Gasteiger partial charge in [-0.25, -0.2) is 4.39 Å². The number of amides is 1. The second-order valence-electron chi connectivity index (χ2n) is 13.7. The number of hydrogen-bond acceptors (Lipinski definition) is 7. The van der Waals surface area contributed by atoms with Crippen molar-refractivity contribution >= 4 is 11.6 Å². The minimum Gasteiger partial charge on any atom is -0.371 e. The van der Waals surface area contributed by atoms with Crippen molar-refractivity contribution in [1.29, 1.82) is 0 Å². The van der Waals surface area contributed by atoms with Crippen LogP contribution in [0.2, 0.25) is 0 Å². The Morgan fingerprint density at radius 1 is 1.23 bits per heavy atom. The summed E-state index contributed by atoms with van der Waals surface area (Å²) in [7, 11) is 0. The Bertz CT molecular complexity index is 853. The first kappa shape index (κ1) is 30.3. The molecule has 228 valence electrons. The average Bonchev–Trinajstić information content (AvgIpc) is 3.64. The van der Waals surface area contributed by atoms with Gasteiger partial charge in [0.25, 0.3) is 0 Å². The largest absolute Gasteiger partial charge is 0.371 e. The van der Waals surface area contributed by atoms with Crippen LogP contribution in [0.15, 0.2) is 4.99 Å². The Labute approximate surface area is 241 Å². The molecule has 4 aliphatic heterocycles. The molecule has 6 unspecified atom stereocenters. The number of rotatable bonds is 10. The van der Waals surface area contributed by atoms with E-state index in [0.29, 0.717) is 19.0 Å². The Morgan fingerprint density at radius 2 is 2.05 bits per heavy atom. The maximum atomic E-state index is 14.7. The smallest absolute Gasteiger partial charge is 0.227 e. The zero-order chi connectivity index (χ0) is 28.1. The molecular formula is C31H55FN6O2. The topological polar surface area (TPSA) is 118 Å². The number of alkyl halides is 1. The van der Waals surface area contributed by atoms with Gasteiger partial charge in [-0.2, -0.15) is 0 Å². The number of ether oxygens (including phenoxy) is 1. The lowest BCUT2D eigenvalue weighted by atomic mass is 9.72. The van der Waals surface area contributed by atoms with E-state index >= 15 is 0 Å².